The van der Waals surface area contributed by atoms with E-state index >= 15 is 0 Å². The van der Waals surface area contributed by atoms with Crippen LogP contribution in [0.4, 0.5) is 10.1 Å². The van der Waals surface area contributed by atoms with E-state index < -0.39 is 5.91 Å². The number of nitrogens with zero attached hydrogens (tertiary/aromatic N) is 3. The zero-order chi connectivity index (χ0) is 23.2. The Balaban J connectivity index is 1.58. The minimum absolute atomic E-state index is 0.0698. The normalized spacial score (nSPS) is 10.8. The SMILES string of the molecule is NC(=O)CCN(C(=O)CSc1nnc(-c2ccc(F)cc2)c2ccccc12)c1ccccc1. The number of hydrogen-bond acceptors (Lipinski definition) is 5. The second kappa shape index (κ2) is 10.2. The number of anilines is 1. The minimum Gasteiger partial charge on any atom is -0.370 e. The molecule has 4 rings (SSSR count). The highest BCUT2D eigenvalue weighted by molar-refractivity contribution is 8.00. The predicted octanol–water partition coefficient (Wildman–Crippen LogP) is 4.44. The van der Waals surface area contributed by atoms with E-state index in [1.807, 2.05) is 54.6 Å². The highest BCUT2D eigenvalue weighted by atomic mass is 32.2. The molecule has 8 heteroatoms. The van der Waals surface area contributed by atoms with Gasteiger partial charge >= 0.3 is 0 Å². The number of carbonyl (C=O) groups is 2. The molecule has 4 aromatic rings. The van der Waals surface area contributed by atoms with Crippen LogP contribution in [-0.4, -0.2) is 34.3 Å². The lowest BCUT2D eigenvalue weighted by atomic mass is 10.1. The number of hydrogen-bond donors (Lipinski definition) is 1. The average molecular weight is 461 g/mol. The van der Waals surface area contributed by atoms with Crippen molar-refractivity contribution in [3.63, 3.8) is 0 Å². The number of rotatable bonds is 8. The van der Waals surface area contributed by atoms with Crippen LogP contribution in [0.3, 0.4) is 0 Å². The van der Waals surface area contributed by atoms with E-state index in [1.165, 1.54) is 23.9 Å². The number of thioether (sulfide) groups is 1. The number of benzene rings is 3. The third-order valence-electron chi connectivity index (χ3n) is 5.05. The van der Waals surface area contributed by atoms with Crippen LogP contribution >= 0.6 is 11.8 Å². The van der Waals surface area contributed by atoms with Gasteiger partial charge in [-0.3, -0.25) is 9.59 Å². The number of carbonyl (C=O) groups excluding carboxylic acids is 2. The Morgan fingerprint density at radius 3 is 2.24 bits per heavy atom. The molecule has 2 N–H and O–H groups in total. The molecule has 0 fully saturated rings. The lowest BCUT2D eigenvalue weighted by Crippen LogP contribution is -2.35. The lowest BCUT2D eigenvalue weighted by molar-refractivity contribution is -0.118. The van der Waals surface area contributed by atoms with Gasteiger partial charge in [-0.2, -0.15) is 0 Å². The molecule has 2 amide bonds. The molecule has 3 aromatic carbocycles. The minimum atomic E-state index is -0.468. The van der Waals surface area contributed by atoms with Crippen molar-refractivity contribution in [1.29, 1.82) is 0 Å². The van der Waals surface area contributed by atoms with Crippen LogP contribution in [0.2, 0.25) is 0 Å². The summed E-state index contributed by atoms with van der Waals surface area (Å²) in [5, 5.41) is 11.1. The van der Waals surface area contributed by atoms with Gasteiger partial charge in [0.25, 0.3) is 0 Å². The van der Waals surface area contributed by atoms with Crippen molar-refractivity contribution >= 4 is 40.0 Å². The molecule has 0 spiro atoms. The topological polar surface area (TPSA) is 89.2 Å². The number of nitrogens with two attached hydrogens (primary N) is 1. The molecule has 0 aliphatic heterocycles. The van der Waals surface area contributed by atoms with E-state index in [1.54, 1.807) is 17.0 Å². The largest absolute Gasteiger partial charge is 0.370 e. The van der Waals surface area contributed by atoms with Crippen molar-refractivity contribution in [2.45, 2.75) is 11.4 Å². The summed E-state index contributed by atoms with van der Waals surface area (Å²) < 4.78 is 13.3. The molecule has 1 heterocycles. The summed E-state index contributed by atoms with van der Waals surface area (Å²) >= 11 is 1.28. The Bertz CT molecular complexity index is 1280. The first-order valence-corrected chi connectivity index (χ1v) is 11.3. The van der Waals surface area contributed by atoms with Gasteiger partial charge in [-0.25, -0.2) is 4.39 Å². The number of halogens is 1. The fraction of sp³-hybridized carbons (Fsp3) is 0.120. The molecule has 0 saturated carbocycles. The van der Waals surface area contributed by atoms with Crippen LogP contribution in [0.25, 0.3) is 22.0 Å². The lowest BCUT2D eigenvalue weighted by Gasteiger charge is -2.22. The summed E-state index contributed by atoms with van der Waals surface area (Å²) in [4.78, 5) is 25.9. The summed E-state index contributed by atoms with van der Waals surface area (Å²) in [6.07, 6.45) is 0.0698. The Morgan fingerprint density at radius 1 is 0.879 bits per heavy atom. The second-order valence-corrected chi connectivity index (χ2v) is 8.26. The molecule has 1 aromatic heterocycles. The molecule has 166 valence electrons. The fourth-order valence-electron chi connectivity index (χ4n) is 3.44. The Labute approximate surface area is 194 Å². The number of para-hydroxylation sites is 1. The highest BCUT2D eigenvalue weighted by Gasteiger charge is 2.18. The molecule has 6 nitrogen and oxygen atoms in total. The zero-order valence-corrected chi connectivity index (χ0v) is 18.5. The summed E-state index contributed by atoms with van der Waals surface area (Å²) in [5.41, 5.74) is 7.40. The van der Waals surface area contributed by atoms with Gasteiger partial charge < -0.3 is 10.6 Å². The molecule has 0 saturated heterocycles. The van der Waals surface area contributed by atoms with Crippen molar-refractivity contribution < 1.29 is 14.0 Å². The quantitative estimate of drug-likeness (QED) is 0.393. The van der Waals surface area contributed by atoms with Crippen LogP contribution < -0.4 is 10.6 Å². The first-order valence-electron chi connectivity index (χ1n) is 10.3. The molecule has 0 aliphatic carbocycles. The molecule has 0 bridgehead atoms. The molecule has 0 radical (unpaired) electrons. The maximum atomic E-state index is 13.3. The van der Waals surface area contributed by atoms with E-state index in [0.717, 1.165) is 16.3 Å². The van der Waals surface area contributed by atoms with Crippen LogP contribution in [0, 0.1) is 5.82 Å². The number of aromatic nitrogens is 2. The molecular weight excluding hydrogens is 439 g/mol. The molecule has 33 heavy (non-hydrogen) atoms. The van der Waals surface area contributed by atoms with Crippen molar-refractivity contribution in [3.8, 4) is 11.3 Å². The first kappa shape index (κ1) is 22.4. The zero-order valence-electron chi connectivity index (χ0n) is 17.6. The van der Waals surface area contributed by atoms with Gasteiger partial charge in [0, 0.05) is 35.0 Å². The van der Waals surface area contributed by atoms with Gasteiger partial charge in [-0.05, 0) is 36.4 Å². The van der Waals surface area contributed by atoms with Gasteiger partial charge in [-0.15, -0.1) is 10.2 Å². The number of fused-ring (bicyclic) bond motifs is 1. The number of primary amides is 1. The van der Waals surface area contributed by atoms with Gasteiger partial charge in [0.05, 0.1) is 5.75 Å². The molecule has 0 aliphatic rings. The second-order valence-electron chi connectivity index (χ2n) is 7.29. The smallest absolute Gasteiger partial charge is 0.237 e. The summed E-state index contributed by atoms with van der Waals surface area (Å²) in [5.74, 6) is -0.839. The van der Waals surface area contributed by atoms with Gasteiger partial charge in [0.15, 0.2) is 0 Å². The monoisotopic (exact) mass is 460 g/mol. The van der Waals surface area contributed by atoms with Crippen LogP contribution in [0.1, 0.15) is 6.42 Å². The standard InChI is InChI=1S/C25H21FN4O2S/c26-18-12-10-17(11-13-18)24-20-8-4-5-9-21(20)25(29-28-24)33-16-23(32)30(15-14-22(27)31)19-6-2-1-3-7-19/h1-13H,14-16H2,(H2,27,31). The van der Waals surface area contributed by atoms with Crippen molar-refractivity contribution in [3.05, 3.63) is 84.7 Å². The summed E-state index contributed by atoms with van der Waals surface area (Å²) in [6, 6.07) is 22.9. The van der Waals surface area contributed by atoms with Crippen LogP contribution in [0.15, 0.2) is 83.9 Å². The van der Waals surface area contributed by atoms with Crippen LogP contribution in [-0.2, 0) is 9.59 Å². The van der Waals surface area contributed by atoms with Crippen molar-refractivity contribution in [2.75, 3.05) is 17.2 Å². The van der Waals surface area contributed by atoms with Gasteiger partial charge in [0.2, 0.25) is 11.8 Å². The summed E-state index contributed by atoms with van der Waals surface area (Å²) in [6.45, 7) is 0.203. The third kappa shape index (κ3) is 5.35. The van der Waals surface area contributed by atoms with Crippen molar-refractivity contribution in [1.82, 2.24) is 10.2 Å². The average Bonchev–Trinajstić information content (AvgIpc) is 2.84. The Morgan fingerprint density at radius 2 is 1.55 bits per heavy atom. The van der Waals surface area contributed by atoms with Gasteiger partial charge in [0.1, 0.15) is 16.5 Å². The summed E-state index contributed by atoms with van der Waals surface area (Å²) in [7, 11) is 0. The molecule has 0 unspecified atom stereocenters. The third-order valence-corrected chi connectivity index (χ3v) is 6.02. The number of amides is 2. The van der Waals surface area contributed by atoms with E-state index in [4.69, 9.17) is 5.73 Å². The highest BCUT2D eigenvalue weighted by Crippen LogP contribution is 2.32. The maximum absolute atomic E-state index is 13.3. The maximum Gasteiger partial charge on any atom is 0.237 e. The van der Waals surface area contributed by atoms with Gasteiger partial charge in [-0.1, -0.05) is 54.2 Å². The van der Waals surface area contributed by atoms with E-state index in [9.17, 15) is 14.0 Å². The van der Waals surface area contributed by atoms with E-state index in [0.29, 0.717) is 16.4 Å². The Hall–Kier alpha value is -3.78. The predicted molar refractivity (Wildman–Crippen MR) is 128 cm³/mol. The van der Waals surface area contributed by atoms with Crippen LogP contribution in [0.5, 0.6) is 0 Å². The molecule has 0 atom stereocenters. The molecular formula is C25H21FN4O2S. The first-order chi connectivity index (χ1) is 16.0. The van der Waals surface area contributed by atoms with E-state index in [2.05, 4.69) is 10.2 Å². The Kier molecular flexibility index (Phi) is 6.95. The van der Waals surface area contributed by atoms with Crippen molar-refractivity contribution in [2.24, 2.45) is 5.73 Å². The van der Waals surface area contributed by atoms with E-state index in [-0.39, 0.29) is 30.4 Å². The fourth-order valence-corrected chi connectivity index (χ4v) is 4.29.